The molecule has 3 saturated carbocycles. The van der Waals surface area contributed by atoms with Gasteiger partial charge in [-0.25, -0.2) is 0 Å². The molecule has 3 fully saturated rings. The Morgan fingerprint density at radius 3 is 2.53 bits per heavy atom. The summed E-state index contributed by atoms with van der Waals surface area (Å²) in [6.07, 6.45) is 10.7. The molecule has 0 aliphatic heterocycles. The zero-order chi connectivity index (χ0) is 21.8. The van der Waals surface area contributed by atoms with Crippen LogP contribution in [-0.2, 0) is 9.59 Å². The van der Waals surface area contributed by atoms with Gasteiger partial charge in [0.1, 0.15) is 5.78 Å². The molecule has 30 heavy (non-hydrogen) atoms. The van der Waals surface area contributed by atoms with E-state index in [2.05, 4.69) is 20.8 Å². The van der Waals surface area contributed by atoms with Crippen LogP contribution in [0, 0.1) is 46.3 Å². The van der Waals surface area contributed by atoms with Crippen molar-refractivity contribution in [1.29, 1.82) is 0 Å². The average Bonchev–Trinajstić information content (AvgIpc) is 3.04. The second kappa shape index (κ2) is 7.87. The third-order valence-corrected chi connectivity index (χ3v) is 10.2. The van der Waals surface area contributed by atoms with Crippen LogP contribution in [0.2, 0.25) is 0 Å². The molecule has 1 N–H and O–H groups in total. The van der Waals surface area contributed by atoms with Crippen LogP contribution in [0.25, 0.3) is 0 Å². The van der Waals surface area contributed by atoms with E-state index in [1.54, 1.807) is 0 Å². The van der Waals surface area contributed by atoms with Gasteiger partial charge < -0.3 is 5.11 Å². The van der Waals surface area contributed by atoms with Crippen molar-refractivity contribution in [2.45, 2.75) is 98.5 Å². The molecule has 4 rings (SSSR count). The van der Waals surface area contributed by atoms with E-state index in [0.717, 1.165) is 25.7 Å². The molecule has 0 unspecified atom stereocenters. The lowest BCUT2D eigenvalue weighted by Gasteiger charge is -2.57. The number of carbonyl (C=O) groups excluding carboxylic acids is 2. The first-order valence-electron chi connectivity index (χ1n) is 12.5. The van der Waals surface area contributed by atoms with Gasteiger partial charge in [-0.1, -0.05) is 40.2 Å². The van der Waals surface area contributed by atoms with E-state index in [0.29, 0.717) is 48.1 Å². The van der Waals surface area contributed by atoms with E-state index < -0.39 is 0 Å². The molecule has 0 radical (unpaired) electrons. The van der Waals surface area contributed by atoms with Crippen molar-refractivity contribution in [2.75, 3.05) is 0 Å². The summed E-state index contributed by atoms with van der Waals surface area (Å²) in [6.45, 7) is 11.2. The minimum Gasteiger partial charge on any atom is -0.393 e. The smallest absolute Gasteiger partial charge is 0.159 e. The molecule has 0 saturated heterocycles. The molecular weight excluding hydrogens is 372 g/mol. The van der Waals surface area contributed by atoms with E-state index in [-0.39, 0.29) is 28.8 Å². The van der Waals surface area contributed by atoms with Crippen molar-refractivity contribution < 1.29 is 14.7 Å². The van der Waals surface area contributed by atoms with Crippen LogP contribution < -0.4 is 0 Å². The van der Waals surface area contributed by atoms with Crippen molar-refractivity contribution >= 4 is 11.6 Å². The molecule has 0 aromatic carbocycles. The van der Waals surface area contributed by atoms with Crippen LogP contribution in [0.5, 0.6) is 0 Å². The molecule has 0 aromatic rings. The van der Waals surface area contributed by atoms with E-state index in [1.165, 1.54) is 24.8 Å². The van der Waals surface area contributed by atoms with Crippen molar-refractivity contribution in [1.82, 2.24) is 0 Å². The summed E-state index contributed by atoms with van der Waals surface area (Å²) in [5.41, 5.74) is 1.56. The molecule has 0 aromatic heterocycles. The molecule has 8 atom stereocenters. The van der Waals surface area contributed by atoms with Crippen LogP contribution in [0.4, 0.5) is 0 Å². The van der Waals surface area contributed by atoms with Crippen LogP contribution in [-0.4, -0.2) is 22.8 Å². The predicted octanol–water partition coefficient (Wildman–Crippen LogP) is 5.75. The molecule has 3 heteroatoms. The van der Waals surface area contributed by atoms with Crippen LogP contribution in [0.1, 0.15) is 92.4 Å². The highest BCUT2D eigenvalue weighted by molar-refractivity contribution is 5.94. The molecule has 168 valence electrons. The maximum Gasteiger partial charge on any atom is 0.159 e. The topological polar surface area (TPSA) is 54.4 Å². The number of rotatable bonds is 5. The van der Waals surface area contributed by atoms with Gasteiger partial charge in [-0.3, -0.25) is 9.59 Å². The standard InChI is InChI=1S/C27H42O3/c1-16(2)23(29)9-6-17(3)20-7-8-21-25-22(11-13-27(20,21)5)26(4)12-10-19(28)14-18(26)15-24(25)30/h15-17,19-22,25,28H,6-14H2,1-5H3/t17-,19+,20-,21+,22+,25+,26+,27-/m1/s1. The van der Waals surface area contributed by atoms with Gasteiger partial charge in [0.25, 0.3) is 0 Å². The fourth-order valence-corrected chi connectivity index (χ4v) is 8.22. The number of Topliss-reactive ketones (excluding diaryl/α,β-unsaturated/α-hetero) is 1. The Labute approximate surface area is 183 Å². The van der Waals surface area contributed by atoms with E-state index in [1.807, 2.05) is 19.9 Å². The Morgan fingerprint density at radius 1 is 1.10 bits per heavy atom. The number of ketones is 2. The molecule has 0 spiro atoms. The third-order valence-electron chi connectivity index (χ3n) is 10.2. The number of carbonyl (C=O) groups is 2. The summed E-state index contributed by atoms with van der Waals surface area (Å²) in [6, 6.07) is 0. The number of aliphatic hydroxyl groups is 1. The summed E-state index contributed by atoms with van der Waals surface area (Å²) in [5.74, 6) is 3.15. The monoisotopic (exact) mass is 414 g/mol. The van der Waals surface area contributed by atoms with E-state index in [9.17, 15) is 14.7 Å². The van der Waals surface area contributed by atoms with E-state index in [4.69, 9.17) is 0 Å². The zero-order valence-corrected chi connectivity index (χ0v) is 19.7. The number of hydrogen-bond donors (Lipinski definition) is 1. The SMILES string of the molecule is CC(C)C(=O)CC[C@@H](C)[C@H]1CC[C@H]2[C@@H]3C(=O)C=C4C[C@@H](O)CC[C@]4(C)[C@H]3CC[C@]12C. The Balaban J connectivity index is 1.54. The largest absolute Gasteiger partial charge is 0.393 e. The summed E-state index contributed by atoms with van der Waals surface area (Å²) < 4.78 is 0. The number of hydrogen-bond acceptors (Lipinski definition) is 3. The van der Waals surface area contributed by atoms with Gasteiger partial charge in [0.15, 0.2) is 5.78 Å². The minimum atomic E-state index is -0.271. The summed E-state index contributed by atoms with van der Waals surface area (Å²) >= 11 is 0. The Morgan fingerprint density at radius 2 is 1.83 bits per heavy atom. The van der Waals surface area contributed by atoms with Gasteiger partial charge in [0.2, 0.25) is 0 Å². The molecular formula is C27H42O3. The lowest BCUT2D eigenvalue weighted by Crippen LogP contribution is -2.53. The van der Waals surface area contributed by atoms with Crippen LogP contribution in [0.15, 0.2) is 11.6 Å². The first-order chi connectivity index (χ1) is 14.1. The molecule has 4 aliphatic carbocycles. The summed E-state index contributed by atoms with van der Waals surface area (Å²) in [7, 11) is 0. The number of fused-ring (bicyclic) bond motifs is 5. The Hall–Kier alpha value is -0.960. The summed E-state index contributed by atoms with van der Waals surface area (Å²) in [5, 5.41) is 10.2. The normalized spacial score (nSPS) is 44.2. The highest BCUT2D eigenvalue weighted by Gasteiger charge is 2.61. The molecule has 0 heterocycles. The van der Waals surface area contributed by atoms with Gasteiger partial charge in [-0.05, 0) is 91.9 Å². The van der Waals surface area contributed by atoms with Gasteiger partial charge >= 0.3 is 0 Å². The van der Waals surface area contributed by atoms with Gasteiger partial charge in [0, 0.05) is 18.3 Å². The molecule has 0 bridgehead atoms. The fraction of sp³-hybridized carbons (Fsp3) is 0.852. The third kappa shape index (κ3) is 3.44. The maximum atomic E-state index is 13.4. The quantitative estimate of drug-likeness (QED) is 0.623. The van der Waals surface area contributed by atoms with Crippen LogP contribution in [0.3, 0.4) is 0 Å². The average molecular weight is 415 g/mol. The fourth-order valence-electron chi connectivity index (χ4n) is 8.22. The van der Waals surface area contributed by atoms with Gasteiger partial charge in [0.05, 0.1) is 6.10 Å². The second-order valence-electron chi connectivity index (χ2n) is 12.0. The first-order valence-corrected chi connectivity index (χ1v) is 12.5. The molecule has 0 amide bonds. The minimum absolute atomic E-state index is 0.104. The Kier molecular flexibility index (Phi) is 5.83. The number of allylic oxidation sites excluding steroid dienone is 1. The zero-order valence-electron chi connectivity index (χ0n) is 19.7. The maximum absolute atomic E-state index is 13.4. The van der Waals surface area contributed by atoms with Crippen molar-refractivity contribution in [3.05, 3.63) is 11.6 Å². The first kappa shape index (κ1) is 22.2. The lowest BCUT2D eigenvalue weighted by molar-refractivity contribution is -0.135. The van der Waals surface area contributed by atoms with Gasteiger partial charge in [-0.15, -0.1) is 0 Å². The van der Waals surface area contributed by atoms with Crippen molar-refractivity contribution in [3.63, 3.8) is 0 Å². The van der Waals surface area contributed by atoms with E-state index >= 15 is 0 Å². The Bertz CT molecular complexity index is 736. The van der Waals surface area contributed by atoms with Crippen molar-refractivity contribution in [3.8, 4) is 0 Å². The lowest BCUT2D eigenvalue weighted by atomic mass is 9.46. The molecule has 4 aliphatic rings. The van der Waals surface area contributed by atoms with Crippen LogP contribution >= 0.6 is 0 Å². The predicted molar refractivity (Wildman–Crippen MR) is 120 cm³/mol. The summed E-state index contributed by atoms with van der Waals surface area (Å²) in [4.78, 5) is 25.6. The highest BCUT2D eigenvalue weighted by atomic mass is 16.3. The second-order valence-corrected chi connectivity index (χ2v) is 12.0. The number of aliphatic hydroxyl groups excluding tert-OH is 1. The van der Waals surface area contributed by atoms with Gasteiger partial charge in [-0.2, -0.15) is 0 Å². The molecule has 3 nitrogen and oxygen atoms in total. The van der Waals surface area contributed by atoms with Crippen molar-refractivity contribution in [2.24, 2.45) is 46.3 Å². The highest BCUT2D eigenvalue weighted by Crippen LogP contribution is 2.66.